The second-order valence-electron chi connectivity index (χ2n) is 5.64. The summed E-state index contributed by atoms with van der Waals surface area (Å²) in [5, 5.41) is 4.17. The second kappa shape index (κ2) is 7.21. The third-order valence-corrected chi connectivity index (χ3v) is 4.98. The summed E-state index contributed by atoms with van der Waals surface area (Å²) in [5.41, 5.74) is 5.57. The Morgan fingerprint density at radius 1 is 1.18 bits per heavy atom. The van der Waals surface area contributed by atoms with Gasteiger partial charge in [-0.25, -0.2) is 0 Å². The molecule has 1 aromatic rings. The molecule has 1 aromatic heterocycles. The number of anilines is 2. The van der Waals surface area contributed by atoms with E-state index in [4.69, 9.17) is 5.73 Å². The van der Waals surface area contributed by atoms with Crippen molar-refractivity contribution in [3.05, 3.63) is 0 Å². The molecule has 0 spiro atoms. The number of carbonyl (C=O) groups excluding carboxylic acids is 1. The molecule has 2 saturated heterocycles. The van der Waals surface area contributed by atoms with E-state index in [1.807, 2.05) is 4.90 Å². The average molecular weight is 325 g/mol. The third-order valence-electron chi connectivity index (χ3n) is 4.19. The highest BCUT2D eigenvalue weighted by Gasteiger charge is 2.21. The van der Waals surface area contributed by atoms with E-state index < -0.39 is 0 Å². The Hall–Kier alpha value is -1.45. The van der Waals surface area contributed by atoms with Gasteiger partial charge in [-0.3, -0.25) is 9.69 Å². The lowest BCUT2D eigenvalue weighted by molar-refractivity contribution is -0.132. The Morgan fingerprint density at radius 3 is 2.55 bits per heavy atom. The number of amides is 1. The quantitative estimate of drug-likeness (QED) is 0.738. The van der Waals surface area contributed by atoms with E-state index in [-0.39, 0.29) is 5.91 Å². The van der Waals surface area contributed by atoms with E-state index in [2.05, 4.69) is 24.5 Å². The first-order valence-corrected chi connectivity index (χ1v) is 8.55. The molecule has 1 amide bonds. The van der Waals surface area contributed by atoms with Crippen LogP contribution < -0.4 is 16.0 Å². The lowest BCUT2D eigenvalue weighted by Crippen LogP contribution is -2.49. The largest absolute Gasteiger partial charge is 0.367 e. The predicted molar refractivity (Wildman–Crippen MR) is 87.0 cm³/mol. The number of nitrogens with one attached hydrogen (secondary N) is 1. The maximum Gasteiger partial charge on any atom is 0.233 e. The molecule has 0 aromatic carbocycles. The van der Waals surface area contributed by atoms with Gasteiger partial charge in [0.1, 0.15) is 0 Å². The SMILES string of the molecule is Nc1nsc(N2CCN(CCC(=O)N3CCNCC3)CC2)n1. The Morgan fingerprint density at radius 2 is 1.91 bits per heavy atom. The van der Waals surface area contributed by atoms with E-state index >= 15 is 0 Å². The van der Waals surface area contributed by atoms with Crippen LogP contribution in [0.4, 0.5) is 11.1 Å². The van der Waals surface area contributed by atoms with E-state index in [1.165, 1.54) is 11.5 Å². The number of piperazine rings is 2. The molecule has 2 aliphatic rings. The second-order valence-corrected chi connectivity index (χ2v) is 6.37. The molecule has 2 fully saturated rings. The maximum atomic E-state index is 12.2. The summed E-state index contributed by atoms with van der Waals surface area (Å²) in [5.74, 6) is 0.630. The Kier molecular flexibility index (Phi) is 5.06. The smallest absolute Gasteiger partial charge is 0.233 e. The van der Waals surface area contributed by atoms with Crippen molar-refractivity contribution in [2.45, 2.75) is 6.42 Å². The number of hydrogen-bond acceptors (Lipinski definition) is 8. The van der Waals surface area contributed by atoms with Gasteiger partial charge in [-0.05, 0) is 0 Å². The number of hydrogen-bond donors (Lipinski definition) is 2. The molecule has 0 aliphatic carbocycles. The lowest BCUT2D eigenvalue weighted by Gasteiger charge is -2.34. The first-order chi connectivity index (χ1) is 10.7. The minimum absolute atomic E-state index is 0.279. The highest BCUT2D eigenvalue weighted by molar-refractivity contribution is 7.09. The number of rotatable bonds is 4. The number of aromatic nitrogens is 2. The van der Waals surface area contributed by atoms with Crippen molar-refractivity contribution in [1.82, 2.24) is 24.5 Å². The van der Waals surface area contributed by atoms with Crippen molar-refractivity contribution in [1.29, 1.82) is 0 Å². The first kappa shape index (κ1) is 15.4. The molecule has 8 nitrogen and oxygen atoms in total. The summed E-state index contributed by atoms with van der Waals surface area (Å²) >= 11 is 1.35. The van der Waals surface area contributed by atoms with Gasteiger partial charge in [0.05, 0.1) is 0 Å². The van der Waals surface area contributed by atoms with E-state index in [1.54, 1.807) is 0 Å². The normalized spacial score (nSPS) is 20.4. The third kappa shape index (κ3) is 3.84. The molecule has 0 unspecified atom stereocenters. The summed E-state index contributed by atoms with van der Waals surface area (Å²) < 4.78 is 4.02. The van der Waals surface area contributed by atoms with E-state index in [0.717, 1.165) is 64.0 Å². The van der Waals surface area contributed by atoms with Crippen molar-refractivity contribution in [2.75, 3.05) is 69.5 Å². The van der Waals surface area contributed by atoms with Crippen molar-refractivity contribution < 1.29 is 4.79 Å². The number of nitrogens with zero attached hydrogens (tertiary/aromatic N) is 5. The molecule has 3 rings (SSSR count). The maximum absolute atomic E-state index is 12.2. The van der Waals surface area contributed by atoms with Crippen LogP contribution in [0.15, 0.2) is 0 Å². The van der Waals surface area contributed by atoms with Gasteiger partial charge in [0.2, 0.25) is 17.0 Å². The van der Waals surface area contributed by atoms with Gasteiger partial charge in [0, 0.05) is 76.9 Å². The number of nitrogens with two attached hydrogens (primary N) is 1. The number of carbonyl (C=O) groups is 1. The molecule has 3 N–H and O–H groups in total. The van der Waals surface area contributed by atoms with Crippen LogP contribution in [0.25, 0.3) is 0 Å². The Bertz CT molecular complexity index is 494. The molecule has 0 saturated carbocycles. The van der Waals surface area contributed by atoms with Crippen LogP contribution in [0.2, 0.25) is 0 Å². The summed E-state index contributed by atoms with van der Waals surface area (Å²) in [4.78, 5) is 22.9. The molecule has 2 aliphatic heterocycles. The van der Waals surface area contributed by atoms with Crippen LogP contribution in [0.1, 0.15) is 6.42 Å². The Balaban J connectivity index is 1.39. The van der Waals surface area contributed by atoms with Crippen molar-refractivity contribution in [3.8, 4) is 0 Å². The van der Waals surface area contributed by atoms with Crippen molar-refractivity contribution in [3.63, 3.8) is 0 Å². The number of nitrogen functional groups attached to an aromatic ring is 1. The minimum atomic E-state index is 0.279. The fourth-order valence-corrected chi connectivity index (χ4v) is 3.49. The zero-order valence-corrected chi connectivity index (χ0v) is 13.5. The van der Waals surface area contributed by atoms with Crippen LogP contribution in [-0.2, 0) is 4.79 Å². The van der Waals surface area contributed by atoms with Crippen LogP contribution in [0.3, 0.4) is 0 Å². The lowest BCUT2D eigenvalue weighted by atomic mass is 10.2. The minimum Gasteiger partial charge on any atom is -0.367 e. The molecular weight excluding hydrogens is 302 g/mol. The van der Waals surface area contributed by atoms with Crippen LogP contribution >= 0.6 is 11.5 Å². The van der Waals surface area contributed by atoms with Crippen molar-refractivity contribution in [2.24, 2.45) is 0 Å². The summed E-state index contributed by atoms with van der Waals surface area (Å²) in [6, 6.07) is 0. The van der Waals surface area contributed by atoms with Gasteiger partial charge in [0.25, 0.3) is 0 Å². The summed E-state index contributed by atoms with van der Waals surface area (Å²) in [6.45, 7) is 8.07. The zero-order valence-electron chi connectivity index (χ0n) is 12.7. The van der Waals surface area contributed by atoms with E-state index in [9.17, 15) is 4.79 Å². The summed E-state index contributed by atoms with van der Waals surface area (Å²) in [6.07, 6.45) is 0.617. The fraction of sp³-hybridized carbons (Fsp3) is 0.769. The topological polar surface area (TPSA) is 90.6 Å². The van der Waals surface area contributed by atoms with E-state index in [0.29, 0.717) is 12.4 Å². The van der Waals surface area contributed by atoms with Crippen LogP contribution in [0, 0.1) is 0 Å². The molecule has 22 heavy (non-hydrogen) atoms. The monoisotopic (exact) mass is 325 g/mol. The van der Waals surface area contributed by atoms with Gasteiger partial charge in [-0.1, -0.05) is 0 Å². The van der Waals surface area contributed by atoms with Gasteiger partial charge >= 0.3 is 0 Å². The fourth-order valence-electron chi connectivity index (χ4n) is 2.84. The highest BCUT2D eigenvalue weighted by Crippen LogP contribution is 2.19. The van der Waals surface area contributed by atoms with Gasteiger partial charge in [-0.15, -0.1) is 0 Å². The zero-order chi connectivity index (χ0) is 15.4. The predicted octanol–water partition coefficient (Wildman–Crippen LogP) is -0.936. The van der Waals surface area contributed by atoms with Crippen molar-refractivity contribution >= 4 is 28.5 Å². The van der Waals surface area contributed by atoms with Crippen LogP contribution in [0.5, 0.6) is 0 Å². The summed E-state index contributed by atoms with van der Waals surface area (Å²) in [7, 11) is 0. The standard InChI is InChI=1S/C13H23N7OS/c14-12-16-13(22-17-12)20-9-7-18(8-10-20)4-1-11(21)19-5-2-15-3-6-19/h15H,1-10H2,(H2,14,17). The molecular formula is C13H23N7OS. The van der Waals surface area contributed by atoms with Gasteiger partial charge in [-0.2, -0.15) is 9.36 Å². The highest BCUT2D eigenvalue weighted by atomic mass is 32.1. The molecule has 0 atom stereocenters. The molecule has 9 heteroatoms. The Labute approximate surface area is 134 Å². The average Bonchev–Trinajstić information content (AvgIpc) is 3.00. The molecule has 3 heterocycles. The molecule has 0 bridgehead atoms. The molecule has 0 radical (unpaired) electrons. The van der Waals surface area contributed by atoms with Crippen LogP contribution in [-0.4, -0.2) is 84.0 Å². The molecule has 122 valence electrons. The van der Waals surface area contributed by atoms with Gasteiger partial charge in [0.15, 0.2) is 0 Å². The first-order valence-electron chi connectivity index (χ1n) is 7.77. The van der Waals surface area contributed by atoms with Gasteiger partial charge < -0.3 is 20.9 Å².